The summed E-state index contributed by atoms with van der Waals surface area (Å²) in [5, 5.41) is 8.49. The van der Waals surface area contributed by atoms with Crippen molar-refractivity contribution in [2.75, 3.05) is 25.0 Å². The molecule has 1 fully saturated rings. The van der Waals surface area contributed by atoms with Crippen LogP contribution < -0.4 is 10.6 Å². The molecule has 20 heavy (non-hydrogen) atoms. The highest BCUT2D eigenvalue weighted by Crippen LogP contribution is 2.25. The highest BCUT2D eigenvalue weighted by atomic mass is 32.1. The van der Waals surface area contributed by atoms with Gasteiger partial charge in [0.25, 0.3) is 0 Å². The van der Waals surface area contributed by atoms with Gasteiger partial charge in [-0.15, -0.1) is 11.3 Å². The number of hydrogen-bond acceptors (Lipinski definition) is 5. The summed E-state index contributed by atoms with van der Waals surface area (Å²) in [6.45, 7) is 4.05. The van der Waals surface area contributed by atoms with Crippen molar-refractivity contribution in [3.63, 3.8) is 0 Å². The molecule has 2 heterocycles. The summed E-state index contributed by atoms with van der Waals surface area (Å²) in [6.07, 6.45) is 2.58. The minimum atomic E-state index is -0.383. The minimum Gasteiger partial charge on any atom is -0.462 e. The van der Waals surface area contributed by atoms with Gasteiger partial charge >= 0.3 is 5.97 Å². The van der Waals surface area contributed by atoms with Gasteiger partial charge < -0.3 is 15.4 Å². The lowest BCUT2D eigenvalue weighted by molar-refractivity contribution is -0.117. The summed E-state index contributed by atoms with van der Waals surface area (Å²) < 4.78 is 4.97. The van der Waals surface area contributed by atoms with Crippen LogP contribution >= 0.6 is 11.3 Å². The van der Waals surface area contributed by atoms with Crippen LogP contribution in [-0.4, -0.2) is 31.6 Å². The Kier molecular flexibility index (Phi) is 5.55. The van der Waals surface area contributed by atoms with Crippen LogP contribution in [0.15, 0.2) is 11.4 Å². The van der Waals surface area contributed by atoms with Crippen molar-refractivity contribution in [3.8, 4) is 0 Å². The number of amides is 1. The van der Waals surface area contributed by atoms with Crippen LogP contribution in [0.3, 0.4) is 0 Å². The van der Waals surface area contributed by atoms with Gasteiger partial charge in [-0.2, -0.15) is 0 Å². The largest absolute Gasteiger partial charge is 0.462 e. The Labute approximate surface area is 122 Å². The predicted molar refractivity (Wildman–Crippen MR) is 79.1 cm³/mol. The lowest BCUT2D eigenvalue weighted by atomic mass is 9.94. The quantitative estimate of drug-likeness (QED) is 0.818. The van der Waals surface area contributed by atoms with E-state index in [4.69, 9.17) is 4.74 Å². The minimum absolute atomic E-state index is 0.0232. The van der Waals surface area contributed by atoms with Gasteiger partial charge in [-0.25, -0.2) is 4.79 Å². The molecular weight excluding hydrogens is 276 g/mol. The second-order valence-corrected chi connectivity index (χ2v) is 5.75. The van der Waals surface area contributed by atoms with E-state index in [1.165, 1.54) is 11.3 Å². The highest BCUT2D eigenvalue weighted by molar-refractivity contribution is 7.14. The van der Waals surface area contributed by atoms with E-state index < -0.39 is 0 Å². The molecule has 1 aliphatic rings. The molecule has 0 spiro atoms. The van der Waals surface area contributed by atoms with E-state index in [9.17, 15) is 9.59 Å². The maximum Gasteiger partial charge on any atom is 0.341 e. The molecule has 1 amide bonds. The predicted octanol–water partition coefficient (Wildman–Crippen LogP) is 2.25. The molecule has 2 N–H and O–H groups in total. The van der Waals surface area contributed by atoms with E-state index in [0.29, 0.717) is 29.5 Å². The highest BCUT2D eigenvalue weighted by Gasteiger charge is 2.19. The zero-order valence-corrected chi connectivity index (χ0v) is 12.4. The topological polar surface area (TPSA) is 67.4 Å². The normalized spacial score (nSPS) is 15.8. The summed E-state index contributed by atoms with van der Waals surface area (Å²) in [4.78, 5) is 23.8. The van der Waals surface area contributed by atoms with Crippen LogP contribution in [-0.2, 0) is 9.53 Å². The summed E-state index contributed by atoms with van der Waals surface area (Å²) in [6, 6.07) is 1.68. The van der Waals surface area contributed by atoms with E-state index in [-0.39, 0.29) is 11.9 Å². The second kappa shape index (κ2) is 7.40. The van der Waals surface area contributed by atoms with E-state index in [2.05, 4.69) is 10.6 Å². The Balaban J connectivity index is 1.90. The van der Waals surface area contributed by atoms with Gasteiger partial charge in [-0.3, -0.25) is 4.79 Å². The number of piperidine rings is 1. The lowest BCUT2D eigenvalue weighted by Crippen LogP contribution is -2.30. The smallest absolute Gasteiger partial charge is 0.341 e. The van der Waals surface area contributed by atoms with Crippen molar-refractivity contribution in [1.29, 1.82) is 0 Å². The maximum atomic E-state index is 12.0. The fourth-order valence-corrected chi connectivity index (χ4v) is 3.09. The van der Waals surface area contributed by atoms with E-state index in [0.717, 1.165) is 25.9 Å². The molecule has 1 aromatic rings. The summed E-state index contributed by atoms with van der Waals surface area (Å²) in [5.74, 6) is 0.0260. The maximum absolute atomic E-state index is 12.0. The summed E-state index contributed by atoms with van der Waals surface area (Å²) in [5.41, 5.74) is 0.440. The number of carbonyl (C=O) groups is 2. The molecule has 0 saturated carbocycles. The van der Waals surface area contributed by atoms with E-state index >= 15 is 0 Å². The number of rotatable bonds is 5. The zero-order chi connectivity index (χ0) is 14.4. The fraction of sp³-hybridized carbons (Fsp3) is 0.571. The molecule has 0 bridgehead atoms. The number of hydrogen-bond donors (Lipinski definition) is 2. The molecule has 1 aromatic heterocycles. The van der Waals surface area contributed by atoms with Crippen LogP contribution in [0.2, 0.25) is 0 Å². The molecule has 0 atom stereocenters. The first-order valence-corrected chi connectivity index (χ1v) is 7.84. The van der Waals surface area contributed by atoms with E-state index in [1.54, 1.807) is 18.4 Å². The number of carbonyl (C=O) groups excluding carboxylic acids is 2. The van der Waals surface area contributed by atoms with Gasteiger partial charge in [0.05, 0.1) is 12.2 Å². The molecule has 110 valence electrons. The monoisotopic (exact) mass is 296 g/mol. The van der Waals surface area contributed by atoms with Crippen molar-refractivity contribution in [2.45, 2.75) is 26.2 Å². The molecule has 2 rings (SSSR count). The first kappa shape index (κ1) is 15.0. The van der Waals surface area contributed by atoms with Gasteiger partial charge in [0.15, 0.2) is 0 Å². The first-order chi connectivity index (χ1) is 9.70. The standard InChI is InChI=1S/C14H20N2O3S/c1-2-19-14(18)11-5-8-20-13(11)16-12(17)9-10-3-6-15-7-4-10/h5,8,10,15H,2-4,6-7,9H2,1H3,(H,16,17). The van der Waals surface area contributed by atoms with Crippen molar-refractivity contribution < 1.29 is 14.3 Å². The van der Waals surface area contributed by atoms with Gasteiger partial charge in [0, 0.05) is 6.42 Å². The van der Waals surface area contributed by atoms with Crippen LogP contribution in [0.4, 0.5) is 5.00 Å². The number of nitrogens with one attached hydrogen (secondary N) is 2. The Morgan fingerprint density at radius 3 is 2.90 bits per heavy atom. The number of esters is 1. The Morgan fingerprint density at radius 2 is 2.20 bits per heavy atom. The molecule has 5 nitrogen and oxygen atoms in total. The van der Waals surface area contributed by atoms with Gasteiger partial charge in [-0.05, 0) is 50.2 Å². The molecular formula is C14H20N2O3S. The van der Waals surface area contributed by atoms with Crippen molar-refractivity contribution in [1.82, 2.24) is 5.32 Å². The average molecular weight is 296 g/mol. The Hall–Kier alpha value is -1.40. The molecule has 0 radical (unpaired) electrons. The zero-order valence-electron chi connectivity index (χ0n) is 11.6. The second-order valence-electron chi connectivity index (χ2n) is 4.83. The van der Waals surface area contributed by atoms with Crippen LogP contribution in [0.1, 0.15) is 36.5 Å². The molecule has 0 unspecified atom stereocenters. The van der Waals surface area contributed by atoms with Gasteiger partial charge in [0.1, 0.15) is 5.00 Å². The Morgan fingerprint density at radius 1 is 1.45 bits per heavy atom. The number of thiophene rings is 1. The summed E-state index contributed by atoms with van der Waals surface area (Å²) in [7, 11) is 0. The van der Waals surface area contributed by atoms with Crippen LogP contribution in [0.5, 0.6) is 0 Å². The van der Waals surface area contributed by atoms with E-state index in [1.807, 2.05) is 0 Å². The first-order valence-electron chi connectivity index (χ1n) is 6.96. The average Bonchev–Trinajstić information content (AvgIpc) is 2.88. The van der Waals surface area contributed by atoms with Crippen LogP contribution in [0, 0.1) is 5.92 Å². The third-order valence-corrected chi connectivity index (χ3v) is 4.18. The molecule has 1 aliphatic heterocycles. The van der Waals surface area contributed by atoms with Crippen molar-refractivity contribution in [3.05, 3.63) is 17.0 Å². The molecule has 6 heteroatoms. The SMILES string of the molecule is CCOC(=O)c1ccsc1NC(=O)CC1CCNCC1. The number of ether oxygens (including phenoxy) is 1. The third-order valence-electron chi connectivity index (χ3n) is 3.35. The molecule has 1 saturated heterocycles. The fourth-order valence-electron chi connectivity index (χ4n) is 2.30. The van der Waals surface area contributed by atoms with Crippen molar-refractivity contribution in [2.24, 2.45) is 5.92 Å². The van der Waals surface area contributed by atoms with Gasteiger partial charge in [-0.1, -0.05) is 0 Å². The Bertz CT molecular complexity index is 467. The number of anilines is 1. The molecule has 0 aromatic carbocycles. The van der Waals surface area contributed by atoms with Gasteiger partial charge in [0.2, 0.25) is 5.91 Å². The van der Waals surface area contributed by atoms with Crippen LogP contribution in [0.25, 0.3) is 0 Å². The molecule has 0 aliphatic carbocycles. The third kappa shape index (κ3) is 4.05. The lowest BCUT2D eigenvalue weighted by Gasteiger charge is -2.21. The summed E-state index contributed by atoms with van der Waals surface area (Å²) >= 11 is 1.35. The van der Waals surface area contributed by atoms with Crippen molar-refractivity contribution >= 4 is 28.2 Å².